The quantitative estimate of drug-likeness (QED) is 0.376. The molecule has 1 saturated carbocycles. The van der Waals surface area contributed by atoms with Crippen molar-refractivity contribution in [1.82, 2.24) is 0 Å². The molecule has 0 saturated heterocycles. The Morgan fingerprint density at radius 1 is 1.30 bits per heavy atom. The molecular weight excluding hydrogens is 256 g/mol. The number of amidine groups is 1. The van der Waals surface area contributed by atoms with Crippen molar-refractivity contribution >= 4 is 5.84 Å². The van der Waals surface area contributed by atoms with Crippen LogP contribution in [0.5, 0.6) is 11.5 Å². The van der Waals surface area contributed by atoms with Crippen LogP contribution in [0.4, 0.5) is 0 Å². The van der Waals surface area contributed by atoms with E-state index in [2.05, 4.69) is 5.16 Å². The van der Waals surface area contributed by atoms with Crippen molar-refractivity contribution in [3.05, 3.63) is 23.8 Å². The molecule has 5 nitrogen and oxygen atoms in total. The van der Waals surface area contributed by atoms with Crippen molar-refractivity contribution in [3.63, 3.8) is 0 Å². The van der Waals surface area contributed by atoms with Crippen molar-refractivity contribution in [2.24, 2.45) is 16.8 Å². The van der Waals surface area contributed by atoms with Crippen LogP contribution in [0.1, 0.15) is 37.7 Å². The first-order valence-corrected chi connectivity index (χ1v) is 7.03. The summed E-state index contributed by atoms with van der Waals surface area (Å²) >= 11 is 0. The Balaban J connectivity index is 2.03. The average molecular weight is 278 g/mol. The Hall–Kier alpha value is -1.91. The van der Waals surface area contributed by atoms with E-state index in [1.54, 1.807) is 25.3 Å². The second-order valence-corrected chi connectivity index (χ2v) is 5.17. The van der Waals surface area contributed by atoms with Crippen LogP contribution in [0.25, 0.3) is 0 Å². The largest absolute Gasteiger partial charge is 0.493 e. The van der Waals surface area contributed by atoms with Crippen LogP contribution in [-0.2, 0) is 0 Å². The Kier molecular flexibility index (Phi) is 5.09. The van der Waals surface area contributed by atoms with E-state index in [0.29, 0.717) is 23.0 Å². The third-order valence-electron chi connectivity index (χ3n) is 3.77. The van der Waals surface area contributed by atoms with E-state index in [1.807, 2.05) is 0 Å². The number of methoxy groups -OCH3 is 1. The molecule has 110 valence electrons. The third kappa shape index (κ3) is 3.56. The van der Waals surface area contributed by atoms with Crippen LogP contribution in [-0.4, -0.2) is 24.8 Å². The van der Waals surface area contributed by atoms with Crippen LogP contribution in [0.15, 0.2) is 23.4 Å². The zero-order chi connectivity index (χ0) is 14.4. The smallest absolute Gasteiger partial charge is 0.170 e. The molecule has 3 N–H and O–H groups in total. The summed E-state index contributed by atoms with van der Waals surface area (Å²) in [7, 11) is 1.58. The van der Waals surface area contributed by atoms with Gasteiger partial charge in [-0.1, -0.05) is 24.4 Å². The fraction of sp³-hybridized carbons (Fsp3) is 0.533. The normalized spacial score (nSPS) is 16.9. The zero-order valence-electron chi connectivity index (χ0n) is 11.8. The van der Waals surface area contributed by atoms with Gasteiger partial charge in [-0.25, -0.2) is 0 Å². The lowest BCUT2D eigenvalue weighted by Crippen LogP contribution is -2.16. The predicted molar refractivity (Wildman–Crippen MR) is 77.6 cm³/mol. The average Bonchev–Trinajstić information content (AvgIpc) is 2.53. The number of oxime groups is 1. The van der Waals surface area contributed by atoms with Gasteiger partial charge in [-0.2, -0.15) is 0 Å². The Morgan fingerprint density at radius 2 is 2.05 bits per heavy atom. The number of ether oxygens (including phenoxy) is 2. The van der Waals surface area contributed by atoms with Gasteiger partial charge in [0.25, 0.3) is 0 Å². The molecule has 0 spiro atoms. The number of rotatable bonds is 5. The first kappa shape index (κ1) is 14.5. The molecule has 2 rings (SSSR count). The molecular formula is C15H22N2O3. The van der Waals surface area contributed by atoms with Crippen LogP contribution < -0.4 is 15.2 Å². The molecule has 1 aliphatic rings. The summed E-state index contributed by atoms with van der Waals surface area (Å²) in [6.45, 7) is 0.722. The topological polar surface area (TPSA) is 77.1 Å². The number of nitrogens with two attached hydrogens (primary N) is 1. The second kappa shape index (κ2) is 7.03. The van der Waals surface area contributed by atoms with Crippen molar-refractivity contribution < 1.29 is 14.7 Å². The van der Waals surface area contributed by atoms with Gasteiger partial charge in [-0.3, -0.25) is 0 Å². The van der Waals surface area contributed by atoms with Crippen molar-refractivity contribution in [2.45, 2.75) is 32.1 Å². The molecule has 5 heteroatoms. The Bertz CT molecular complexity index is 468. The van der Waals surface area contributed by atoms with Gasteiger partial charge >= 0.3 is 0 Å². The lowest BCUT2D eigenvalue weighted by molar-refractivity contribution is 0.202. The molecule has 0 unspecified atom stereocenters. The molecule has 0 aliphatic heterocycles. The van der Waals surface area contributed by atoms with E-state index < -0.39 is 0 Å². The van der Waals surface area contributed by atoms with E-state index in [4.69, 9.17) is 20.4 Å². The third-order valence-corrected chi connectivity index (χ3v) is 3.77. The van der Waals surface area contributed by atoms with E-state index >= 15 is 0 Å². The van der Waals surface area contributed by atoms with Crippen LogP contribution >= 0.6 is 0 Å². The molecule has 0 heterocycles. The monoisotopic (exact) mass is 278 g/mol. The predicted octanol–water partition coefficient (Wildman–Crippen LogP) is 2.75. The Morgan fingerprint density at radius 3 is 2.70 bits per heavy atom. The number of hydrogen-bond donors (Lipinski definition) is 2. The molecule has 0 radical (unpaired) electrons. The SMILES string of the molecule is COc1cc(/C(N)=N/O)ccc1OCC1CCCCC1. The zero-order valence-corrected chi connectivity index (χ0v) is 11.8. The van der Waals surface area contributed by atoms with Gasteiger partial charge in [0.05, 0.1) is 13.7 Å². The van der Waals surface area contributed by atoms with Crippen molar-refractivity contribution in [3.8, 4) is 11.5 Å². The lowest BCUT2D eigenvalue weighted by atomic mass is 9.90. The first-order valence-electron chi connectivity index (χ1n) is 7.03. The lowest BCUT2D eigenvalue weighted by Gasteiger charge is -2.22. The standard InChI is InChI=1S/C15H22N2O3/c1-19-14-9-12(15(16)17-18)7-8-13(14)20-10-11-5-3-2-4-6-11/h7-9,11,18H,2-6,10H2,1H3,(H2,16,17). The molecule has 1 fully saturated rings. The number of hydrogen-bond acceptors (Lipinski definition) is 4. The number of benzene rings is 1. The minimum Gasteiger partial charge on any atom is -0.493 e. The van der Waals surface area contributed by atoms with Gasteiger partial charge in [0.2, 0.25) is 0 Å². The fourth-order valence-corrected chi connectivity index (χ4v) is 2.57. The van der Waals surface area contributed by atoms with E-state index in [1.165, 1.54) is 32.1 Å². The maximum Gasteiger partial charge on any atom is 0.170 e. The highest BCUT2D eigenvalue weighted by Gasteiger charge is 2.15. The maximum absolute atomic E-state index is 8.69. The summed E-state index contributed by atoms with van der Waals surface area (Å²) in [5.41, 5.74) is 6.17. The van der Waals surface area contributed by atoms with Crippen LogP contribution in [0, 0.1) is 5.92 Å². The second-order valence-electron chi connectivity index (χ2n) is 5.17. The van der Waals surface area contributed by atoms with Crippen molar-refractivity contribution in [1.29, 1.82) is 0 Å². The molecule has 1 aliphatic carbocycles. The van der Waals surface area contributed by atoms with Gasteiger partial charge in [0.1, 0.15) is 0 Å². The maximum atomic E-state index is 8.69. The summed E-state index contributed by atoms with van der Waals surface area (Å²) < 4.78 is 11.2. The molecule has 0 amide bonds. The van der Waals surface area contributed by atoms with Crippen LogP contribution in [0.3, 0.4) is 0 Å². The first-order chi connectivity index (χ1) is 9.74. The Labute approximate surface area is 119 Å². The molecule has 20 heavy (non-hydrogen) atoms. The summed E-state index contributed by atoms with van der Waals surface area (Å²) in [6.07, 6.45) is 6.42. The van der Waals surface area contributed by atoms with Gasteiger partial charge in [0, 0.05) is 5.56 Å². The highest BCUT2D eigenvalue weighted by Crippen LogP contribution is 2.30. The molecule has 0 atom stereocenters. The summed E-state index contributed by atoms with van der Waals surface area (Å²) in [5, 5.41) is 11.7. The summed E-state index contributed by atoms with van der Waals surface area (Å²) in [6, 6.07) is 5.27. The summed E-state index contributed by atoms with van der Waals surface area (Å²) in [5.74, 6) is 2.00. The van der Waals surface area contributed by atoms with E-state index in [0.717, 1.165) is 6.61 Å². The fourth-order valence-electron chi connectivity index (χ4n) is 2.57. The van der Waals surface area contributed by atoms with Gasteiger partial charge in [-0.15, -0.1) is 0 Å². The van der Waals surface area contributed by atoms with E-state index in [9.17, 15) is 0 Å². The van der Waals surface area contributed by atoms with Gasteiger partial charge in [-0.05, 0) is 37.0 Å². The molecule has 1 aromatic carbocycles. The van der Waals surface area contributed by atoms with Crippen LogP contribution in [0.2, 0.25) is 0 Å². The van der Waals surface area contributed by atoms with Gasteiger partial charge < -0.3 is 20.4 Å². The van der Waals surface area contributed by atoms with E-state index in [-0.39, 0.29) is 5.84 Å². The summed E-state index contributed by atoms with van der Waals surface area (Å²) in [4.78, 5) is 0. The molecule has 1 aromatic rings. The minimum atomic E-state index is 0.0575. The van der Waals surface area contributed by atoms with Crippen molar-refractivity contribution in [2.75, 3.05) is 13.7 Å². The molecule has 0 bridgehead atoms. The highest BCUT2D eigenvalue weighted by atomic mass is 16.5. The van der Waals surface area contributed by atoms with Gasteiger partial charge in [0.15, 0.2) is 17.3 Å². The highest BCUT2D eigenvalue weighted by molar-refractivity contribution is 5.97. The number of nitrogens with zero attached hydrogens (tertiary/aromatic N) is 1. The molecule has 0 aromatic heterocycles. The minimum absolute atomic E-state index is 0.0575.